The monoisotopic (exact) mass is 278 g/mol. The van der Waals surface area contributed by atoms with E-state index in [1.165, 1.54) is 0 Å². The Morgan fingerprint density at radius 1 is 0.400 bits per heavy atom. The Kier molecular flexibility index (Phi) is 4170. The predicted octanol–water partition coefficient (Wildman–Crippen LogP) is 1.48. The largest absolute Gasteiger partial charge is 2.00 e. The minimum Gasteiger partial charge on any atom is -0.358 e. The third kappa shape index (κ3) is 135. The van der Waals surface area contributed by atoms with Crippen molar-refractivity contribution in [3.63, 3.8) is 0 Å². The van der Waals surface area contributed by atoms with E-state index >= 15 is 0 Å². The molecule has 0 aliphatic rings. The summed E-state index contributed by atoms with van der Waals surface area (Å²) in [6, 6.07) is 0. The molecule has 0 aromatic heterocycles. The maximum Gasteiger partial charge on any atom is 2.00 e. The number of hydrogen-bond acceptors (Lipinski definition) is 0. The fourth-order valence-electron chi connectivity index (χ4n) is 0. The normalized spacial score (nSPS) is 0. The molecule has 0 rings (SSSR count). The van der Waals surface area contributed by atoms with Gasteiger partial charge in [-0.1, -0.05) is 0 Å². The molecule has 0 fully saturated rings. The third-order valence-corrected chi connectivity index (χ3v) is 0. The van der Waals surface area contributed by atoms with E-state index < -0.39 is 0 Å². The molecule has 0 aliphatic heterocycles. The van der Waals surface area contributed by atoms with Gasteiger partial charge >= 0.3 is 51.2 Å². The smallest absolute Gasteiger partial charge is 0.358 e. The van der Waals surface area contributed by atoms with E-state index in [2.05, 4.69) is 0 Å². The molecule has 0 saturated carbocycles. The Bertz CT molecular complexity index is 14.9. The number of hydrogen-bond donors (Lipinski definition) is 0. The first-order chi connectivity index (χ1) is 0. The summed E-state index contributed by atoms with van der Waals surface area (Å²) in [4.78, 5) is 0. The van der Waals surface area contributed by atoms with Gasteiger partial charge in [0.15, 0.2) is 0 Å². The van der Waals surface area contributed by atoms with Crippen LogP contribution in [0.1, 0.15) is 0 Å². The van der Waals surface area contributed by atoms with E-state index in [-0.39, 0.29) is 126 Å². The maximum absolute atomic E-state index is 0. The van der Waals surface area contributed by atoms with E-state index in [4.69, 9.17) is 0 Å². The van der Waals surface area contributed by atoms with Gasteiger partial charge in [0.1, 0.15) is 0 Å². The molecule has 0 N–H and O–H groups in total. The summed E-state index contributed by atoms with van der Waals surface area (Å²) in [5.74, 6) is 0. The molecule has 0 atom stereocenters. The van der Waals surface area contributed by atoms with Crippen molar-refractivity contribution in [3.8, 4) is 0 Å². The van der Waals surface area contributed by atoms with Gasteiger partial charge in [-0.2, -0.15) is 0 Å². The Morgan fingerprint density at radius 2 is 0.400 bits per heavy atom. The van der Waals surface area contributed by atoms with Crippen LogP contribution in [0.4, 0.5) is 0 Å². The van der Waals surface area contributed by atoms with Gasteiger partial charge in [0.05, 0.1) is 0 Å². The van der Waals surface area contributed by atoms with Gasteiger partial charge < -0.3 is 37.1 Å². The molecule has 0 aromatic carbocycles. The quantitative estimate of drug-likeness (QED) is 0.465. The summed E-state index contributed by atoms with van der Waals surface area (Å²) in [6.07, 6.45) is 0. The molecule has 0 amide bonds. The van der Waals surface area contributed by atoms with Gasteiger partial charge in [0.2, 0.25) is 0 Å². The second kappa shape index (κ2) is 179. The van der Waals surface area contributed by atoms with Crippen molar-refractivity contribution in [3.05, 3.63) is 37.1 Å². The molecular weight excluding hydrogens is 265 g/mol. The fourth-order valence-corrected chi connectivity index (χ4v) is 0. The zero-order valence-corrected chi connectivity index (χ0v) is 10.7. The summed E-state index contributed by atoms with van der Waals surface area (Å²) in [7, 11) is 0. The van der Waals surface area contributed by atoms with Crippen LogP contribution in [0, 0.1) is 37.1 Å². The van der Waals surface area contributed by atoms with E-state index in [0.29, 0.717) is 0 Å². The van der Waals surface area contributed by atoms with Crippen LogP contribution in [-0.4, -0.2) is 37.7 Å². The van der Waals surface area contributed by atoms with Gasteiger partial charge in [0, 0.05) is 37.7 Å². The van der Waals surface area contributed by atoms with Crippen LogP contribution >= 0.6 is 0 Å². The van der Waals surface area contributed by atoms with Crippen LogP contribution in [0.2, 0.25) is 0 Å². The molecule has 0 aliphatic carbocycles. The zero-order chi connectivity index (χ0) is 0. The Hall–Kier alpha value is 2.75. The minimum atomic E-state index is 0. The van der Waals surface area contributed by atoms with Gasteiger partial charge in [-0.05, 0) is 0 Å². The molecule has 70 valence electrons. The number of rotatable bonds is 0. The van der Waals surface area contributed by atoms with Crippen LogP contribution in [0.15, 0.2) is 0 Å². The average Bonchev–Trinajstić information content (AvgIpc) is 0. The molecule has 4 radical (unpaired) electrons. The van der Waals surface area contributed by atoms with Crippen LogP contribution in [-0.2, 0) is 51.2 Å². The van der Waals surface area contributed by atoms with E-state index in [0.717, 1.165) is 0 Å². The van der Waals surface area contributed by atoms with Gasteiger partial charge in [-0.15, -0.1) is 0 Å². The second-order valence-corrected chi connectivity index (χ2v) is 0. The van der Waals surface area contributed by atoms with Crippen LogP contribution in [0.25, 0.3) is 0 Å². The molecule has 0 aromatic rings. The van der Waals surface area contributed by atoms with Crippen LogP contribution < -0.4 is 0 Å². The Balaban J connectivity index is 0. The van der Waals surface area contributed by atoms with Crippen molar-refractivity contribution in [1.82, 2.24) is 0 Å². The molecule has 0 nitrogen and oxygen atoms in total. The van der Waals surface area contributed by atoms with Crippen LogP contribution in [0.3, 0.4) is 0 Å². The first kappa shape index (κ1) is 232. The standard InChI is InChI=1S/5CH3.3Cu.2Li/h5*1H3;;;;;/q5*-1;+1;2*+2;;. The summed E-state index contributed by atoms with van der Waals surface area (Å²) in [5.41, 5.74) is 0. The predicted molar refractivity (Wildman–Crippen MR) is 43.6 cm³/mol. The van der Waals surface area contributed by atoms with E-state index in [9.17, 15) is 0 Å². The van der Waals surface area contributed by atoms with Crippen molar-refractivity contribution in [2.24, 2.45) is 0 Å². The van der Waals surface area contributed by atoms with Gasteiger partial charge in [0.25, 0.3) is 0 Å². The summed E-state index contributed by atoms with van der Waals surface area (Å²) in [6.45, 7) is 0. The Morgan fingerprint density at radius 3 is 0.400 bits per heavy atom. The topological polar surface area (TPSA) is 0 Å². The molecule has 0 bridgehead atoms. The second-order valence-electron chi connectivity index (χ2n) is 0. The zero-order valence-electron chi connectivity index (χ0n) is 7.90. The average molecular weight is 280 g/mol. The SMILES string of the molecule is [CH3-].[CH3-].[CH3-].[CH3-].[CH3-].[Cu+2].[Cu+2].[Cu+].[Li].[Li]. The molecule has 0 saturated heterocycles. The Labute approximate surface area is 125 Å². The van der Waals surface area contributed by atoms with Crippen molar-refractivity contribution in [1.29, 1.82) is 0 Å². The molecular formula is C5H15Cu3Li2. The fraction of sp³-hybridized carbons (Fsp3) is 0. The van der Waals surface area contributed by atoms with Crippen LogP contribution in [0.5, 0.6) is 0 Å². The first-order valence-electron chi connectivity index (χ1n) is 0. The van der Waals surface area contributed by atoms with Crippen molar-refractivity contribution < 1.29 is 51.2 Å². The van der Waals surface area contributed by atoms with Gasteiger partial charge in [-0.25, -0.2) is 0 Å². The van der Waals surface area contributed by atoms with Gasteiger partial charge in [-0.3, -0.25) is 0 Å². The van der Waals surface area contributed by atoms with E-state index in [1.807, 2.05) is 0 Å². The molecule has 0 heterocycles. The third-order valence-electron chi connectivity index (χ3n) is 0. The van der Waals surface area contributed by atoms with Crippen molar-refractivity contribution in [2.75, 3.05) is 0 Å². The summed E-state index contributed by atoms with van der Waals surface area (Å²) >= 11 is 0. The molecule has 0 unspecified atom stereocenters. The van der Waals surface area contributed by atoms with E-state index in [1.54, 1.807) is 0 Å². The molecule has 5 heteroatoms. The van der Waals surface area contributed by atoms with Crippen molar-refractivity contribution >= 4 is 37.7 Å². The van der Waals surface area contributed by atoms with Crippen molar-refractivity contribution in [2.45, 2.75) is 0 Å². The maximum atomic E-state index is 0. The molecule has 10 heavy (non-hydrogen) atoms. The minimum absolute atomic E-state index is 0. The molecule has 0 spiro atoms. The first-order valence-corrected chi connectivity index (χ1v) is 0. The summed E-state index contributed by atoms with van der Waals surface area (Å²) in [5, 5.41) is 0. The summed E-state index contributed by atoms with van der Waals surface area (Å²) < 4.78 is 0.